The van der Waals surface area contributed by atoms with Crippen molar-refractivity contribution >= 4 is 16.1 Å². The number of carbonyl (C=O) groups excluding carboxylic acids is 1. The Labute approximate surface area is 145 Å². The predicted octanol–water partition coefficient (Wildman–Crippen LogP) is 1.77. The largest absolute Gasteiger partial charge is 0.349 e. The molecule has 1 saturated heterocycles. The Balaban J connectivity index is 2.04. The number of hydrogen-bond donors (Lipinski definition) is 1. The van der Waals surface area contributed by atoms with E-state index in [1.54, 1.807) is 0 Å². The average Bonchev–Trinajstić information content (AvgIpc) is 2.60. The van der Waals surface area contributed by atoms with E-state index in [-0.39, 0.29) is 24.4 Å². The second-order valence-corrected chi connectivity index (χ2v) is 8.51. The highest BCUT2D eigenvalue weighted by atomic mass is 32.2. The van der Waals surface area contributed by atoms with Gasteiger partial charge in [0, 0.05) is 27.2 Å². The SMILES string of the molecule is CC[C@H](NC(=O)[C@@H]1CCCN(S(=O)(=O)N(C)C)C1)c1ccccc1. The summed E-state index contributed by atoms with van der Waals surface area (Å²) in [5.74, 6) is -0.365. The minimum Gasteiger partial charge on any atom is -0.349 e. The van der Waals surface area contributed by atoms with Gasteiger partial charge in [-0.2, -0.15) is 17.0 Å². The van der Waals surface area contributed by atoms with Crippen molar-refractivity contribution in [2.24, 2.45) is 5.92 Å². The molecule has 1 aromatic rings. The Hall–Kier alpha value is -1.44. The van der Waals surface area contributed by atoms with Crippen molar-refractivity contribution in [2.45, 2.75) is 32.2 Å². The average molecular weight is 353 g/mol. The van der Waals surface area contributed by atoms with Gasteiger partial charge in [-0.3, -0.25) is 4.79 Å². The second kappa shape index (κ2) is 8.09. The first-order chi connectivity index (χ1) is 11.4. The standard InChI is InChI=1S/C17H27N3O3S/c1-4-16(14-9-6-5-7-10-14)18-17(21)15-11-8-12-20(13-15)24(22,23)19(2)3/h5-7,9-10,15-16H,4,8,11-13H2,1-3H3,(H,18,21)/t15-,16+/m1/s1. The van der Waals surface area contributed by atoms with Gasteiger partial charge in [-0.1, -0.05) is 37.3 Å². The van der Waals surface area contributed by atoms with E-state index in [4.69, 9.17) is 0 Å². The zero-order valence-electron chi connectivity index (χ0n) is 14.6. The molecule has 1 amide bonds. The number of rotatable bonds is 6. The van der Waals surface area contributed by atoms with E-state index in [9.17, 15) is 13.2 Å². The summed E-state index contributed by atoms with van der Waals surface area (Å²) in [6, 6.07) is 9.81. The number of piperidine rings is 1. The molecule has 1 heterocycles. The van der Waals surface area contributed by atoms with Gasteiger partial charge in [0.1, 0.15) is 0 Å². The van der Waals surface area contributed by atoms with Crippen molar-refractivity contribution in [3.8, 4) is 0 Å². The molecule has 7 heteroatoms. The minimum atomic E-state index is -3.47. The number of benzene rings is 1. The lowest BCUT2D eigenvalue weighted by atomic mass is 9.97. The Morgan fingerprint density at radius 1 is 1.33 bits per heavy atom. The summed E-state index contributed by atoms with van der Waals surface area (Å²) >= 11 is 0. The summed E-state index contributed by atoms with van der Waals surface area (Å²) in [5, 5.41) is 3.08. The molecule has 0 saturated carbocycles. The van der Waals surface area contributed by atoms with Gasteiger partial charge in [-0.25, -0.2) is 0 Å². The van der Waals surface area contributed by atoms with Crippen LogP contribution in [0.5, 0.6) is 0 Å². The smallest absolute Gasteiger partial charge is 0.281 e. The molecule has 0 bridgehead atoms. The van der Waals surface area contributed by atoms with Crippen LogP contribution in [-0.2, 0) is 15.0 Å². The number of carbonyl (C=O) groups is 1. The second-order valence-electron chi connectivity index (χ2n) is 6.37. The van der Waals surface area contributed by atoms with Gasteiger partial charge in [0.2, 0.25) is 5.91 Å². The molecule has 2 atom stereocenters. The minimum absolute atomic E-state index is 0.0421. The maximum absolute atomic E-state index is 12.6. The van der Waals surface area contributed by atoms with Crippen LogP contribution in [0, 0.1) is 5.92 Å². The van der Waals surface area contributed by atoms with E-state index in [1.165, 1.54) is 22.7 Å². The summed E-state index contributed by atoms with van der Waals surface area (Å²) in [5.41, 5.74) is 1.07. The summed E-state index contributed by atoms with van der Waals surface area (Å²) < 4.78 is 27.2. The van der Waals surface area contributed by atoms with E-state index in [2.05, 4.69) is 5.32 Å². The molecule has 134 valence electrons. The molecule has 1 aromatic carbocycles. The first kappa shape index (κ1) is 18.9. The van der Waals surface area contributed by atoms with Gasteiger partial charge in [0.25, 0.3) is 10.2 Å². The third kappa shape index (κ3) is 4.34. The van der Waals surface area contributed by atoms with Crippen LogP contribution in [0.15, 0.2) is 30.3 Å². The number of hydrogen-bond acceptors (Lipinski definition) is 3. The van der Waals surface area contributed by atoms with E-state index >= 15 is 0 Å². The van der Waals surface area contributed by atoms with Gasteiger partial charge in [-0.15, -0.1) is 0 Å². The lowest BCUT2D eigenvalue weighted by molar-refractivity contribution is -0.126. The molecule has 1 aliphatic rings. The van der Waals surface area contributed by atoms with Crippen LogP contribution in [0.3, 0.4) is 0 Å². The van der Waals surface area contributed by atoms with Crippen molar-refractivity contribution in [1.82, 2.24) is 13.9 Å². The molecular weight excluding hydrogens is 326 g/mol. The van der Waals surface area contributed by atoms with Gasteiger partial charge in [0.05, 0.1) is 12.0 Å². The highest BCUT2D eigenvalue weighted by molar-refractivity contribution is 7.86. The maximum atomic E-state index is 12.6. The number of amides is 1. The molecule has 0 aliphatic carbocycles. The Morgan fingerprint density at radius 3 is 2.58 bits per heavy atom. The lowest BCUT2D eigenvalue weighted by Crippen LogP contribution is -2.49. The number of nitrogens with one attached hydrogen (secondary N) is 1. The van der Waals surface area contributed by atoms with Gasteiger partial charge in [-0.05, 0) is 24.8 Å². The molecule has 2 rings (SSSR count). The molecule has 0 unspecified atom stereocenters. The van der Waals surface area contributed by atoms with E-state index in [0.717, 1.165) is 18.4 Å². The summed E-state index contributed by atoms with van der Waals surface area (Å²) in [7, 11) is -0.435. The first-order valence-corrected chi connectivity index (χ1v) is 9.79. The topological polar surface area (TPSA) is 69.7 Å². The van der Waals surface area contributed by atoms with Gasteiger partial charge >= 0.3 is 0 Å². The van der Waals surface area contributed by atoms with Crippen molar-refractivity contribution in [2.75, 3.05) is 27.2 Å². The normalized spacial score (nSPS) is 20.8. The van der Waals surface area contributed by atoms with E-state index < -0.39 is 10.2 Å². The van der Waals surface area contributed by atoms with Gasteiger partial charge in [0.15, 0.2) is 0 Å². The molecule has 1 fully saturated rings. The molecule has 0 aromatic heterocycles. The van der Waals surface area contributed by atoms with Crippen molar-refractivity contribution in [3.05, 3.63) is 35.9 Å². The van der Waals surface area contributed by atoms with Crippen LogP contribution in [0.2, 0.25) is 0 Å². The fourth-order valence-electron chi connectivity index (χ4n) is 2.99. The Kier molecular flexibility index (Phi) is 6.37. The Bertz CT molecular complexity index is 646. The zero-order chi connectivity index (χ0) is 17.7. The third-order valence-electron chi connectivity index (χ3n) is 4.47. The van der Waals surface area contributed by atoms with E-state index in [1.807, 2.05) is 37.3 Å². The molecule has 24 heavy (non-hydrogen) atoms. The quantitative estimate of drug-likeness (QED) is 0.847. The van der Waals surface area contributed by atoms with Crippen LogP contribution in [-0.4, -0.2) is 50.1 Å². The fourth-order valence-corrected chi connectivity index (χ4v) is 4.18. The fraction of sp³-hybridized carbons (Fsp3) is 0.588. The molecule has 1 N–H and O–H groups in total. The molecule has 0 radical (unpaired) electrons. The van der Waals surface area contributed by atoms with Crippen LogP contribution < -0.4 is 5.32 Å². The van der Waals surface area contributed by atoms with Crippen LogP contribution in [0.25, 0.3) is 0 Å². The lowest BCUT2D eigenvalue weighted by Gasteiger charge is -2.33. The van der Waals surface area contributed by atoms with Gasteiger partial charge < -0.3 is 5.32 Å². The summed E-state index contributed by atoms with van der Waals surface area (Å²) in [6.45, 7) is 2.75. The summed E-state index contributed by atoms with van der Waals surface area (Å²) in [6.07, 6.45) is 2.21. The zero-order valence-corrected chi connectivity index (χ0v) is 15.4. The highest BCUT2D eigenvalue weighted by Gasteiger charge is 2.34. The molecule has 1 aliphatic heterocycles. The van der Waals surface area contributed by atoms with Crippen molar-refractivity contribution < 1.29 is 13.2 Å². The highest BCUT2D eigenvalue weighted by Crippen LogP contribution is 2.22. The number of nitrogens with zero attached hydrogens (tertiary/aromatic N) is 2. The van der Waals surface area contributed by atoms with Crippen molar-refractivity contribution in [1.29, 1.82) is 0 Å². The molecule has 0 spiro atoms. The summed E-state index contributed by atoms with van der Waals surface area (Å²) in [4.78, 5) is 12.6. The Morgan fingerprint density at radius 2 is 2.00 bits per heavy atom. The maximum Gasteiger partial charge on any atom is 0.281 e. The van der Waals surface area contributed by atoms with Crippen LogP contribution in [0.4, 0.5) is 0 Å². The monoisotopic (exact) mass is 353 g/mol. The van der Waals surface area contributed by atoms with E-state index in [0.29, 0.717) is 13.0 Å². The van der Waals surface area contributed by atoms with Crippen molar-refractivity contribution in [3.63, 3.8) is 0 Å². The van der Waals surface area contributed by atoms with Crippen LogP contribution in [0.1, 0.15) is 37.8 Å². The predicted molar refractivity (Wildman–Crippen MR) is 94.5 cm³/mol. The third-order valence-corrected chi connectivity index (χ3v) is 6.38. The molecular formula is C17H27N3O3S. The van der Waals surface area contributed by atoms with Crippen LogP contribution >= 0.6 is 0 Å². The molecule has 6 nitrogen and oxygen atoms in total. The first-order valence-electron chi connectivity index (χ1n) is 8.39.